The zero-order chi connectivity index (χ0) is 17.1. The largest absolute Gasteiger partial charge is 0.497 e. The summed E-state index contributed by atoms with van der Waals surface area (Å²) in [4.78, 5) is 12.3. The first-order valence-corrected chi connectivity index (χ1v) is 8.20. The third kappa shape index (κ3) is 3.34. The van der Waals surface area contributed by atoms with Gasteiger partial charge in [0.05, 0.1) is 24.5 Å². The van der Waals surface area contributed by atoms with E-state index in [1.54, 1.807) is 31.4 Å². The second kappa shape index (κ2) is 6.90. The topological polar surface area (TPSA) is 76.1 Å². The minimum atomic E-state index is -0.312. The first-order chi connectivity index (χ1) is 11.6. The molecule has 0 atom stereocenters. The number of ether oxygens (including phenoxy) is 1. The minimum absolute atomic E-state index is 0.200. The number of rotatable bonds is 3. The van der Waals surface area contributed by atoms with E-state index in [4.69, 9.17) is 17.0 Å². The molecule has 0 saturated carbocycles. The molecular weight excluding hydrogens is 344 g/mol. The molecule has 6 nitrogen and oxygen atoms in total. The Labute approximate surface area is 148 Å². The molecule has 0 bridgehead atoms. The Kier molecular flexibility index (Phi) is 4.68. The molecule has 0 radical (unpaired) electrons. The van der Waals surface area contributed by atoms with Crippen LogP contribution in [0.3, 0.4) is 0 Å². The molecule has 1 amide bonds. The van der Waals surface area contributed by atoms with Crippen molar-refractivity contribution in [3.05, 3.63) is 47.5 Å². The number of thiocarbonyl (C=S) groups is 1. The van der Waals surface area contributed by atoms with Crippen molar-refractivity contribution in [1.29, 1.82) is 0 Å². The Bertz CT molecular complexity index is 923. The first-order valence-electron chi connectivity index (χ1n) is 7.07. The Morgan fingerprint density at radius 1 is 1.25 bits per heavy atom. The molecule has 1 aromatic heterocycles. The van der Waals surface area contributed by atoms with Crippen LogP contribution in [-0.4, -0.2) is 26.9 Å². The van der Waals surface area contributed by atoms with Gasteiger partial charge in [0.2, 0.25) is 0 Å². The Balaban J connectivity index is 1.76. The van der Waals surface area contributed by atoms with Crippen molar-refractivity contribution in [3.63, 3.8) is 0 Å². The quantitative estimate of drug-likeness (QED) is 0.701. The summed E-state index contributed by atoms with van der Waals surface area (Å²) in [5.74, 6) is 0.295. The molecule has 0 fully saturated rings. The number of amides is 1. The molecule has 8 heteroatoms. The van der Waals surface area contributed by atoms with Gasteiger partial charge in [0.25, 0.3) is 5.91 Å². The molecule has 122 valence electrons. The number of benzene rings is 2. The maximum Gasteiger partial charge on any atom is 0.257 e. The van der Waals surface area contributed by atoms with Crippen molar-refractivity contribution in [2.24, 2.45) is 0 Å². The minimum Gasteiger partial charge on any atom is -0.497 e. The van der Waals surface area contributed by atoms with Crippen LogP contribution in [0.25, 0.3) is 11.0 Å². The van der Waals surface area contributed by atoms with Gasteiger partial charge in [0.15, 0.2) is 5.11 Å². The number of fused-ring (bicyclic) bond motifs is 1. The Morgan fingerprint density at radius 3 is 2.88 bits per heavy atom. The molecule has 0 aliphatic rings. The predicted octanol–water partition coefficient (Wildman–Crippen LogP) is 3.14. The van der Waals surface area contributed by atoms with Crippen LogP contribution in [0.5, 0.6) is 5.75 Å². The van der Waals surface area contributed by atoms with Crippen molar-refractivity contribution in [2.75, 3.05) is 12.4 Å². The lowest BCUT2D eigenvalue weighted by molar-refractivity contribution is 0.0977. The number of aromatic nitrogens is 2. The van der Waals surface area contributed by atoms with Crippen molar-refractivity contribution < 1.29 is 9.53 Å². The summed E-state index contributed by atoms with van der Waals surface area (Å²) < 4.78 is 13.6. The van der Waals surface area contributed by atoms with Crippen molar-refractivity contribution in [1.82, 2.24) is 14.1 Å². The standard InChI is InChI=1S/C16H14N4O2S2/c1-9-6-7-12-14(20-24-19-12)13(9)17-16(23)18-15(21)10-4-3-5-11(8-10)22-2/h3-8H,1-2H3,(H2,17,18,21,23). The third-order valence-corrected chi connectivity index (χ3v) is 4.18. The van der Waals surface area contributed by atoms with Crippen LogP contribution >= 0.6 is 23.9 Å². The highest BCUT2D eigenvalue weighted by Gasteiger charge is 2.13. The van der Waals surface area contributed by atoms with Crippen LogP contribution in [-0.2, 0) is 0 Å². The number of hydrogen-bond acceptors (Lipinski definition) is 6. The van der Waals surface area contributed by atoms with Gasteiger partial charge < -0.3 is 10.1 Å². The average molecular weight is 358 g/mol. The molecule has 2 aromatic carbocycles. The number of carbonyl (C=O) groups excluding carboxylic acids is 1. The number of carbonyl (C=O) groups is 1. The average Bonchev–Trinajstić information content (AvgIpc) is 3.06. The number of anilines is 1. The fourth-order valence-corrected chi connectivity index (χ4v) is 2.93. The lowest BCUT2D eigenvalue weighted by Gasteiger charge is -2.12. The number of hydrogen-bond donors (Lipinski definition) is 2. The number of methoxy groups -OCH3 is 1. The maximum absolute atomic E-state index is 12.3. The van der Waals surface area contributed by atoms with E-state index < -0.39 is 0 Å². The van der Waals surface area contributed by atoms with E-state index in [2.05, 4.69) is 19.4 Å². The van der Waals surface area contributed by atoms with Gasteiger partial charge in [-0.15, -0.1) is 0 Å². The molecule has 3 aromatic rings. The van der Waals surface area contributed by atoms with Gasteiger partial charge in [0, 0.05) is 5.56 Å². The van der Waals surface area contributed by atoms with Crippen LogP contribution in [0.1, 0.15) is 15.9 Å². The Morgan fingerprint density at radius 2 is 2.08 bits per heavy atom. The number of nitrogens with one attached hydrogen (secondary N) is 2. The molecule has 0 unspecified atom stereocenters. The summed E-state index contributed by atoms with van der Waals surface area (Å²) >= 11 is 6.38. The van der Waals surface area contributed by atoms with Gasteiger partial charge in [-0.1, -0.05) is 12.1 Å². The molecule has 0 aliphatic heterocycles. The molecule has 0 aliphatic carbocycles. The zero-order valence-electron chi connectivity index (χ0n) is 13.0. The van der Waals surface area contributed by atoms with E-state index in [1.807, 2.05) is 19.1 Å². The first kappa shape index (κ1) is 16.3. The normalized spacial score (nSPS) is 10.4. The summed E-state index contributed by atoms with van der Waals surface area (Å²) in [5, 5.41) is 5.90. The second-order valence-corrected chi connectivity index (χ2v) is 5.97. The monoisotopic (exact) mass is 358 g/mol. The SMILES string of the molecule is COc1cccc(C(=O)NC(=S)Nc2c(C)ccc3nsnc23)c1. The van der Waals surface area contributed by atoms with Gasteiger partial charge in [-0.2, -0.15) is 8.75 Å². The van der Waals surface area contributed by atoms with Crippen molar-refractivity contribution in [3.8, 4) is 5.75 Å². The fraction of sp³-hybridized carbons (Fsp3) is 0.125. The van der Waals surface area contributed by atoms with E-state index in [1.165, 1.54) is 0 Å². The molecule has 24 heavy (non-hydrogen) atoms. The summed E-state index contributed by atoms with van der Waals surface area (Å²) in [5.41, 5.74) is 3.70. The van der Waals surface area contributed by atoms with E-state index in [0.29, 0.717) is 11.3 Å². The van der Waals surface area contributed by atoms with E-state index in [-0.39, 0.29) is 11.0 Å². The summed E-state index contributed by atoms with van der Waals surface area (Å²) in [6, 6.07) is 10.7. The number of nitrogens with zero attached hydrogens (tertiary/aromatic N) is 2. The van der Waals surface area contributed by atoms with Gasteiger partial charge in [-0.3, -0.25) is 10.1 Å². The van der Waals surface area contributed by atoms with E-state index in [9.17, 15) is 4.79 Å². The highest BCUT2D eigenvalue weighted by atomic mass is 32.1. The second-order valence-electron chi connectivity index (χ2n) is 5.03. The number of aryl methyl sites for hydroxylation is 1. The fourth-order valence-electron chi connectivity index (χ4n) is 2.19. The lowest BCUT2D eigenvalue weighted by atomic mass is 10.1. The molecule has 3 rings (SSSR count). The molecule has 1 heterocycles. The van der Waals surface area contributed by atoms with Crippen molar-refractivity contribution >= 4 is 51.7 Å². The van der Waals surface area contributed by atoms with Gasteiger partial charge in [-0.25, -0.2) is 0 Å². The van der Waals surface area contributed by atoms with Crippen molar-refractivity contribution in [2.45, 2.75) is 6.92 Å². The van der Waals surface area contributed by atoms with E-state index >= 15 is 0 Å². The van der Waals surface area contributed by atoms with E-state index in [0.717, 1.165) is 34.0 Å². The summed E-state index contributed by atoms with van der Waals surface area (Å²) in [6.07, 6.45) is 0. The molecule has 0 spiro atoms. The van der Waals surface area contributed by atoms with Crippen LogP contribution in [0.2, 0.25) is 0 Å². The Hall–Kier alpha value is -2.58. The van der Waals surface area contributed by atoms with Crippen LogP contribution in [0.15, 0.2) is 36.4 Å². The maximum atomic E-state index is 12.3. The van der Waals surface area contributed by atoms with Crippen LogP contribution in [0.4, 0.5) is 5.69 Å². The summed E-state index contributed by atoms with van der Waals surface area (Å²) in [6.45, 7) is 1.94. The lowest BCUT2D eigenvalue weighted by Crippen LogP contribution is -2.34. The van der Waals surface area contributed by atoms with Gasteiger partial charge >= 0.3 is 0 Å². The highest BCUT2D eigenvalue weighted by Crippen LogP contribution is 2.25. The summed E-state index contributed by atoms with van der Waals surface area (Å²) in [7, 11) is 1.55. The van der Waals surface area contributed by atoms with Gasteiger partial charge in [0.1, 0.15) is 16.8 Å². The predicted molar refractivity (Wildman–Crippen MR) is 98.8 cm³/mol. The molecular formula is C16H14N4O2S2. The van der Waals surface area contributed by atoms with Crippen LogP contribution < -0.4 is 15.4 Å². The third-order valence-electron chi connectivity index (χ3n) is 3.43. The van der Waals surface area contributed by atoms with Gasteiger partial charge in [-0.05, 0) is 49.0 Å². The smallest absolute Gasteiger partial charge is 0.257 e. The highest BCUT2D eigenvalue weighted by molar-refractivity contribution is 7.80. The molecule has 2 N–H and O–H groups in total. The zero-order valence-corrected chi connectivity index (χ0v) is 14.6. The molecule has 0 saturated heterocycles. The van der Waals surface area contributed by atoms with Crippen LogP contribution in [0, 0.1) is 6.92 Å².